The molecule has 1 spiro atoms. The third-order valence-electron chi connectivity index (χ3n) is 7.64. The molecule has 2 aromatic rings. The Balaban J connectivity index is 1.40. The number of rotatable bonds is 10. The Kier molecular flexibility index (Phi) is 8.02. The van der Waals surface area contributed by atoms with Gasteiger partial charge in [0, 0.05) is 35.5 Å². The van der Waals surface area contributed by atoms with E-state index < -0.39 is 22.6 Å². The number of carbonyl (C=O) groups is 3. The highest BCUT2D eigenvalue weighted by Gasteiger charge is 2.75. The highest BCUT2D eigenvalue weighted by molar-refractivity contribution is 9.09. The van der Waals surface area contributed by atoms with Crippen molar-refractivity contribution in [3.8, 4) is 5.75 Å². The molecule has 2 bridgehead atoms. The first kappa shape index (κ1) is 27.0. The van der Waals surface area contributed by atoms with Gasteiger partial charge in [0.2, 0.25) is 17.7 Å². The largest absolute Gasteiger partial charge is 0.494 e. The second kappa shape index (κ2) is 11.3. The van der Waals surface area contributed by atoms with Crippen LogP contribution in [0.25, 0.3) is 0 Å². The first-order valence-corrected chi connectivity index (χ1v) is 14.8. The molecule has 0 radical (unpaired) electrons. The molecule has 3 aliphatic heterocycles. The molecule has 3 N–H and O–H groups in total. The lowest BCUT2D eigenvalue weighted by Crippen LogP contribution is -2.54. The van der Waals surface area contributed by atoms with E-state index in [2.05, 4.69) is 26.6 Å². The van der Waals surface area contributed by atoms with Crippen molar-refractivity contribution in [2.75, 3.05) is 25.1 Å². The molecular weight excluding hydrogens is 570 g/mol. The molecule has 38 heavy (non-hydrogen) atoms. The smallest absolute Gasteiger partial charge is 0.244 e. The van der Waals surface area contributed by atoms with E-state index in [1.54, 1.807) is 40.9 Å². The molecule has 3 saturated heterocycles. The summed E-state index contributed by atoms with van der Waals surface area (Å²) in [6.45, 7) is 3.00. The minimum atomic E-state index is -0.715. The molecule has 3 aliphatic rings. The summed E-state index contributed by atoms with van der Waals surface area (Å²) < 4.78 is 4.77. The number of thioether (sulfide) groups is 1. The van der Waals surface area contributed by atoms with Crippen molar-refractivity contribution in [3.05, 3.63) is 60.2 Å². The van der Waals surface area contributed by atoms with Crippen LogP contribution in [-0.2, 0) is 20.9 Å². The number of hydrogen-bond acceptors (Lipinski definition) is 6. The van der Waals surface area contributed by atoms with Gasteiger partial charge in [0.25, 0.3) is 0 Å². The molecule has 2 aromatic carbocycles. The SMILES string of the molecule is CCOc1ccc(NC(=O)[C@H]2[C@@H]3SC4(CC3Br)C(C(=O)NCc3ccccc3)N(CCCO)C(=O)[C@H]24)cc1. The number of fused-ring (bicyclic) bond motifs is 1. The highest BCUT2D eigenvalue weighted by Crippen LogP contribution is 2.67. The fourth-order valence-electron chi connectivity index (χ4n) is 6.12. The number of ether oxygens (including phenoxy) is 1. The quantitative estimate of drug-likeness (QED) is 0.361. The van der Waals surface area contributed by atoms with E-state index in [0.29, 0.717) is 31.7 Å². The molecule has 3 fully saturated rings. The first-order chi connectivity index (χ1) is 18.4. The van der Waals surface area contributed by atoms with Crippen LogP contribution in [0.4, 0.5) is 5.69 Å². The van der Waals surface area contributed by atoms with Crippen molar-refractivity contribution >= 4 is 51.1 Å². The van der Waals surface area contributed by atoms with Crippen molar-refractivity contribution in [1.29, 1.82) is 0 Å². The van der Waals surface area contributed by atoms with Gasteiger partial charge in [-0.1, -0.05) is 46.3 Å². The monoisotopic (exact) mass is 601 g/mol. The lowest BCUT2D eigenvalue weighted by molar-refractivity contribution is -0.139. The number of halogens is 1. The van der Waals surface area contributed by atoms with Gasteiger partial charge in [-0.3, -0.25) is 14.4 Å². The van der Waals surface area contributed by atoms with Crippen LogP contribution in [0.2, 0.25) is 0 Å². The van der Waals surface area contributed by atoms with Gasteiger partial charge < -0.3 is 25.4 Å². The van der Waals surface area contributed by atoms with Crippen molar-refractivity contribution in [1.82, 2.24) is 10.2 Å². The molecule has 0 saturated carbocycles. The van der Waals surface area contributed by atoms with Crippen LogP contribution in [0.5, 0.6) is 5.75 Å². The minimum absolute atomic E-state index is 0.00477. The third-order valence-corrected chi connectivity index (χ3v) is 10.9. The lowest BCUT2D eigenvalue weighted by Gasteiger charge is -2.35. The fourth-order valence-corrected chi connectivity index (χ4v) is 9.73. The van der Waals surface area contributed by atoms with Gasteiger partial charge in [-0.15, -0.1) is 11.8 Å². The predicted octanol–water partition coefficient (Wildman–Crippen LogP) is 3.19. The molecule has 3 unspecified atom stereocenters. The minimum Gasteiger partial charge on any atom is -0.494 e. The Morgan fingerprint density at radius 2 is 1.89 bits per heavy atom. The average molecular weight is 603 g/mol. The van der Waals surface area contributed by atoms with Crippen molar-refractivity contribution in [2.45, 2.75) is 47.2 Å². The number of amides is 3. The number of anilines is 1. The van der Waals surface area contributed by atoms with Gasteiger partial charge >= 0.3 is 0 Å². The number of nitrogens with one attached hydrogen (secondary N) is 2. The van der Waals surface area contributed by atoms with Crippen LogP contribution in [0, 0.1) is 11.8 Å². The molecule has 5 rings (SSSR count). The van der Waals surface area contributed by atoms with Crippen LogP contribution in [0.1, 0.15) is 25.3 Å². The number of aliphatic hydroxyl groups excluding tert-OH is 1. The zero-order valence-corrected chi connectivity index (χ0v) is 23.5. The molecule has 0 aromatic heterocycles. The normalized spacial score (nSPS) is 29.3. The summed E-state index contributed by atoms with van der Waals surface area (Å²) in [6.07, 6.45) is 0.983. The standard InChI is InChI=1S/C28H32BrN3O5S/c1-2-37-19-11-9-18(10-12-19)31-25(34)21-22-27(36)32(13-6-14-33)24(28(22)15-20(29)23(21)38-28)26(35)30-16-17-7-4-3-5-8-17/h3-5,7-12,20-24,33H,2,6,13-16H2,1H3,(H,30,35)(H,31,34)/t20?,21-,22+,23-,24?,28?/m1/s1. The van der Waals surface area contributed by atoms with Gasteiger partial charge in [0.1, 0.15) is 11.8 Å². The number of benzene rings is 2. The summed E-state index contributed by atoms with van der Waals surface area (Å²) in [5.74, 6) is -1.10. The molecule has 6 atom stereocenters. The number of likely N-dealkylation sites (tertiary alicyclic amines) is 1. The average Bonchev–Trinajstić information content (AvgIpc) is 3.51. The highest BCUT2D eigenvalue weighted by atomic mass is 79.9. The van der Waals surface area contributed by atoms with E-state index in [0.717, 1.165) is 11.3 Å². The van der Waals surface area contributed by atoms with Crippen LogP contribution >= 0.6 is 27.7 Å². The van der Waals surface area contributed by atoms with Gasteiger partial charge in [0.05, 0.1) is 23.2 Å². The predicted molar refractivity (Wildman–Crippen MR) is 150 cm³/mol. The van der Waals surface area contributed by atoms with E-state index in [9.17, 15) is 19.5 Å². The Labute approximate surface area is 235 Å². The zero-order valence-electron chi connectivity index (χ0n) is 21.1. The van der Waals surface area contributed by atoms with E-state index in [4.69, 9.17) is 4.74 Å². The molecular formula is C28H32BrN3O5S. The molecule has 10 heteroatoms. The Morgan fingerprint density at radius 1 is 1.16 bits per heavy atom. The zero-order chi connectivity index (χ0) is 26.9. The van der Waals surface area contributed by atoms with Gasteiger partial charge in [0.15, 0.2) is 0 Å². The van der Waals surface area contributed by atoms with Crippen LogP contribution in [-0.4, -0.2) is 68.4 Å². The van der Waals surface area contributed by atoms with Crippen molar-refractivity contribution in [3.63, 3.8) is 0 Å². The van der Waals surface area contributed by atoms with Gasteiger partial charge in [-0.2, -0.15) is 0 Å². The summed E-state index contributed by atoms with van der Waals surface area (Å²) in [5, 5.41) is 15.4. The van der Waals surface area contributed by atoms with E-state index in [1.807, 2.05) is 37.3 Å². The summed E-state index contributed by atoms with van der Waals surface area (Å²) in [7, 11) is 0. The van der Waals surface area contributed by atoms with Gasteiger partial charge in [-0.25, -0.2) is 0 Å². The molecule has 8 nitrogen and oxygen atoms in total. The molecule has 202 valence electrons. The van der Waals surface area contributed by atoms with Crippen molar-refractivity contribution in [2.24, 2.45) is 11.8 Å². The number of aliphatic hydroxyl groups is 1. The van der Waals surface area contributed by atoms with Crippen LogP contribution in [0.3, 0.4) is 0 Å². The number of hydrogen-bond donors (Lipinski definition) is 3. The van der Waals surface area contributed by atoms with Crippen molar-refractivity contribution < 1.29 is 24.2 Å². The first-order valence-electron chi connectivity index (χ1n) is 13.0. The topological polar surface area (TPSA) is 108 Å². The van der Waals surface area contributed by atoms with E-state index in [1.165, 1.54) is 0 Å². The fraction of sp³-hybridized carbons (Fsp3) is 0.464. The third kappa shape index (κ3) is 4.82. The second-order valence-corrected chi connectivity index (χ2v) is 12.6. The maximum absolute atomic E-state index is 13.9. The maximum Gasteiger partial charge on any atom is 0.244 e. The molecule has 0 aliphatic carbocycles. The number of nitrogens with zero attached hydrogens (tertiary/aromatic N) is 1. The second-order valence-electron chi connectivity index (χ2n) is 9.92. The van der Waals surface area contributed by atoms with E-state index >= 15 is 0 Å². The van der Waals surface area contributed by atoms with Crippen LogP contribution < -0.4 is 15.4 Å². The Bertz CT molecular complexity index is 1180. The molecule has 3 amide bonds. The van der Waals surface area contributed by atoms with Gasteiger partial charge in [-0.05, 0) is 49.6 Å². The summed E-state index contributed by atoms with van der Waals surface area (Å²) >= 11 is 5.37. The lowest BCUT2D eigenvalue weighted by atomic mass is 9.70. The summed E-state index contributed by atoms with van der Waals surface area (Å²) in [5.41, 5.74) is 1.60. The van der Waals surface area contributed by atoms with Crippen LogP contribution in [0.15, 0.2) is 54.6 Å². The molecule has 3 heterocycles. The van der Waals surface area contributed by atoms with E-state index in [-0.39, 0.29) is 41.0 Å². The summed E-state index contributed by atoms with van der Waals surface area (Å²) in [4.78, 5) is 42.9. The summed E-state index contributed by atoms with van der Waals surface area (Å²) in [6, 6.07) is 16.1. The maximum atomic E-state index is 13.9. The Morgan fingerprint density at radius 3 is 2.58 bits per heavy atom. The Hall–Kier alpha value is -2.56. The number of carbonyl (C=O) groups excluding carboxylic acids is 3. The number of alkyl halides is 1.